The molecule has 1 aliphatic heterocycles. The van der Waals surface area contributed by atoms with Gasteiger partial charge in [0.05, 0.1) is 24.5 Å². The van der Waals surface area contributed by atoms with Crippen molar-refractivity contribution in [3.8, 4) is 28.3 Å². The summed E-state index contributed by atoms with van der Waals surface area (Å²) in [5.41, 5.74) is 5.48. The summed E-state index contributed by atoms with van der Waals surface area (Å²) in [4.78, 5) is 25.1. The number of anilines is 1. The van der Waals surface area contributed by atoms with Gasteiger partial charge in [0.15, 0.2) is 0 Å². The smallest absolute Gasteiger partial charge is 0.442 e. The minimum atomic E-state index is -4.77. The van der Waals surface area contributed by atoms with E-state index in [-0.39, 0.29) is 18.2 Å². The summed E-state index contributed by atoms with van der Waals surface area (Å²) in [6.07, 6.45) is -3.45. The second-order valence-electron chi connectivity index (χ2n) is 8.75. The fourth-order valence-corrected chi connectivity index (χ4v) is 4.66. The number of aromatic amines is 1. The van der Waals surface area contributed by atoms with Gasteiger partial charge in [-0.25, -0.2) is 4.79 Å². The molecule has 0 bridgehead atoms. The number of fused-ring (bicyclic) bond motifs is 3. The first-order valence-corrected chi connectivity index (χ1v) is 11.5. The number of alkyl halides is 3. The monoisotopic (exact) mass is 500 g/mol. The van der Waals surface area contributed by atoms with Gasteiger partial charge in [-0.15, -0.1) is 13.2 Å². The Morgan fingerprint density at radius 2 is 2.08 bits per heavy atom. The number of aryl methyl sites for hydroxylation is 1. The van der Waals surface area contributed by atoms with Crippen molar-refractivity contribution in [2.75, 3.05) is 18.0 Å². The largest absolute Gasteiger partial charge is 0.573 e. The average Bonchev–Trinajstić information content (AvgIpc) is 3.35. The summed E-state index contributed by atoms with van der Waals surface area (Å²) < 4.78 is 47.5. The molecule has 188 valence electrons. The lowest BCUT2D eigenvalue weighted by Crippen LogP contribution is -2.33. The summed E-state index contributed by atoms with van der Waals surface area (Å²) in [6.45, 7) is 1.98. The number of hydrogen-bond acceptors (Lipinski definition) is 5. The average molecular weight is 500 g/mol. The molecule has 1 fully saturated rings. The van der Waals surface area contributed by atoms with Crippen LogP contribution in [-0.2, 0) is 22.4 Å². The van der Waals surface area contributed by atoms with Gasteiger partial charge in [0.2, 0.25) is 5.91 Å². The lowest BCUT2D eigenvalue weighted by atomic mass is 9.99. The molecule has 36 heavy (non-hydrogen) atoms. The maximum atomic E-state index is 12.7. The molecule has 2 heterocycles. The minimum Gasteiger partial charge on any atom is -0.442 e. The SMILES string of the molecule is CC(=O)NCC1CN(c2ccc3c(c2)CCCc2c(-c4cccc(OC(F)(F)F)c4)n[nH]c2-3)C(=O)O1. The molecular weight excluding hydrogens is 477 g/mol. The second kappa shape index (κ2) is 9.21. The van der Waals surface area contributed by atoms with E-state index in [2.05, 4.69) is 20.3 Å². The number of H-pyrrole nitrogens is 1. The van der Waals surface area contributed by atoms with Gasteiger partial charge in [0.25, 0.3) is 0 Å². The lowest BCUT2D eigenvalue weighted by molar-refractivity contribution is -0.274. The number of carbonyl (C=O) groups is 2. The van der Waals surface area contributed by atoms with Crippen molar-refractivity contribution in [2.24, 2.45) is 0 Å². The molecule has 1 aliphatic carbocycles. The van der Waals surface area contributed by atoms with Crippen LogP contribution in [0, 0.1) is 0 Å². The summed E-state index contributed by atoms with van der Waals surface area (Å²) >= 11 is 0. The third-order valence-corrected chi connectivity index (χ3v) is 6.20. The van der Waals surface area contributed by atoms with Crippen LogP contribution in [0.3, 0.4) is 0 Å². The van der Waals surface area contributed by atoms with Crippen molar-refractivity contribution in [3.05, 3.63) is 53.6 Å². The van der Waals surface area contributed by atoms with Crippen molar-refractivity contribution < 1.29 is 32.2 Å². The molecule has 1 saturated heterocycles. The van der Waals surface area contributed by atoms with Crippen molar-refractivity contribution in [1.82, 2.24) is 15.5 Å². The molecule has 1 aromatic heterocycles. The van der Waals surface area contributed by atoms with Gasteiger partial charge in [0, 0.05) is 29.3 Å². The van der Waals surface area contributed by atoms with Gasteiger partial charge in [-0.1, -0.05) is 18.2 Å². The zero-order valence-electron chi connectivity index (χ0n) is 19.3. The number of rotatable bonds is 5. The molecule has 2 aromatic carbocycles. The Hall–Kier alpha value is -4.02. The van der Waals surface area contributed by atoms with Crippen LogP contribution in [0.5, 0.6) is 5.75 Å². The van der Waals surface area contributed by atoms with Gasteiger partial charge >= 0.3 is 12.5 Å². The topological polar surface area (TPSA) is 96.5 Å². The van der Waals surface area contributed by atoms with Gasteiger partial charge < -0.3 is 14.8 Å². The Bertz CT molecular complexity index is 1320. The molecule has 2 amide bonds. The Morgan fingerprint density at radius 1 is 1.25 bits per heavy atom. The van der Waals surface area contributed by atoms with Gasteiger partial charge in [0.1, 0.15) is 11.9 Å². The van der Waals surface area contributed by atoms with E-state index in [4.69, 9.17) is 4.74 Å². The Kier molecular flexibility index (Phi) is 6.07. The molecule has 11 heteroatoms. The van der Waals surface area contributed by atoms with Crippen molar-refractivity contribution in [2.45, 2.75) is 38.7 Å². The number of benzene rings is 2. The maximum absolute atomic E-state index is 12.7. The number of cyclic esters (lactones) is 1. The fourth-order valence-electron chi connectivity index (χ4n) is 4.66. The number of nitrogens with one attached hydrogen (secondary N) is 2. The third-order valence-electron chi connectivity index (χ3n) is 6.20. The number of ether oxygens (including phenoxy) is 2. The highest BCUT2D eigenvalue weighted by Gasteiger charge is 2.33. The third kappa shape index (κ3) is 4.86. The van der Waals surface area contributed by atoms with E-state index in [0.29, 0.717) is 29.9 Å². The van der Waals surface area contributed by atoms with E-state index >= 15 is 0 Å². The van der Waals surface area contributed by atoms with E-state index in [9.17, 15) is 22.8 Å². The van der Waals surface area contributed by atoms with Crippen LogP contribution in [-0.4, -0.2) is 47.8 Å². The van der Waals surface area contributed by atoms with E-state index < -0.39 is 18.6 Å². The summed E-state index contributed by atoms with van der Waals surface area (Å²) in [5.74, 6) is -0.492. The molecule has 0 spiro atoms. The normalized spacial score (nSPS) is 17.2. The lowest BCUT2D eigenvalue weighted by Gasteiger charge is -2.16. The van der Waals surface area contributed by atoms with Crippen molar-refractivity contribution in [1.29, 1.82) is 0 Å². The number of nitrogens with zero attached hydrogens (tertiary/aromatic N) is 2. The van der Waals surface area contributed by atoms with Crippen LogP contribution in [0.15, 0.2) is 42.5 Å². The standard InChI is InChI=1S/C25H23F3N4O4/c1-14(33)29-12-19-13-32(24(34)35-19)17-8-9-20-15(10-17)4-3-7-21-22(30-31-23(20)21)16-5-2-6-18(11-16)36-25(26,27)28/h2,5-6,8-11,19H,3-4,7,12-13H2,1H3,(H,29,33)(H,30,31). The van der Waals surface area contributed by atoms with E-state index in [0.717, 1.165) is 35.2 Å². The molecule has 0 radical (unpaired) electrons. The van der Waals surface area contributed by atoms with E-state index in [1.807, 2.05) is 18.2 Å². The van der Waals surface area contributed by atoms with Crippen LogP contribution in [0.2, 0.25) is 0 Å². The fraction of sp³-hybridized carbons (Fsp3) is 0.320. The Morgan fingerprint density at radius 3 is 2.86 bits per heavy atom. The molecule has 3 aromatic rings. The molecule has 1 unspecified atom stereocenters. The zero-order valence-corrected chi connectivity index (χ0v) is 19.3. The predicted molar refractivity (Wildman–Crippen MR) is 124 cm³/mol. The predicted octanol–water partition coefficient (Wildman–Crippen LogP) is 4.59. The highest BCUT2D eigenvalue weighted by molar-refractivity contribution is 5.91. The number of aromatic nitrogens is 2. The molecular formula is C25H23F3N4O4. The highest BCUT2D eigenvalue weighted by atomic mass is 19.4. The van der Waals surface area contributed by atoms with Gasteiger partial charge in [-0.3, -0.25) is 14.8 Å². The first-order chi connectivity index (χ1) is 17.2. The minimum absolute atomic E-state index is 0.191. The number of amides is 2. The molecule has 2 aliphatic rings. The summed E-state index contributed by atoms with van der Waals surface area (Å²) in [5, 5.41) is 10.1. The first kappa shape index (κ1) is 23.7. The molecule has 5 rings (SSSR count). The van der Waals surface area contributed by atoms with Crippen LogP contribution in [0.1, 0.15) is 24.5 Å². The van der Waals surface area contributed by atoms with E-state index in [1.165, 1.54) is 25.1 Å². The molecule has 0 saturated carbocycles. The number of carbonyl (C=O) groups excluding carboxylic acids is 2. The molecule has 1 atom stereocenters. The summed E-state index contributed by atoms with van der Waals surface area (Å²) in [7, 11) is 0. The van der Waals surface area contributed by atoms with Crippen LogP contribution >= 0.6 is 0 Å². The maximum Gasteiger partial charge on any atom is 0.573 e. The first-order valence-electron chi connectivity index (χ1n) is 11.5. The van der Waals surface area contributed by atoms with Crippen molar-refractivity contribution >= 4 is 17.7 Å². The van der Waals surface area contributed by atoms with Crippen LogP contribution in [0.25, 0.3) is 22.5 Å². The van der Waals surface area contributed by atoms with Crippen LogP contribution < -0.4 is 15.0 Å². The number of halogens is 3. The Labute approximate surface area is 204 Å². The van der Waals surface area contributed by atoms with Gasteiger partial charge in [-0.05, 0) is 49.1 Å². The van der Waals surface area contributed by atoms with Crippen LogP contribution in [0.4, 0.5) is 23.7 Å². The quantitative estimate of drug-likeness (QED) is 0.534. The van der Waals surface area contributed by atoms with E-state index in [1.54, 1.807) is 11.0 Å². The van der Waals surface area contributed by atoms with Crippen molar-refractivity contribution in [3.63, 3.8) is 0 Å². The van der Waals surface area contributed by atoms with Gasteiger partial charge in [-0.2, -0.15) is 5.10 Å². The number of hydrogen-bond donors (Lipinski definition) is 2. The molecule has 2 N–H and O–H groups in total. The zero-order chi connectivity index (χ0) is 25.4. The Balaban J connectivity index is 1.42. The highest BCUT2D eigenvalue weighted by Crippen LogP contribution is 2.39. The molecule has 8 nitrogen and oxygen atoms in total. The second-order valence-corrected chi connectivity index (χ2v) is 8.75. The summed E-state index contributed by atoms with van der Waals surface area (Å²) in [6, 6.07) is 11.5.